The van der Waals surface area contributed by atoms with Gasteiger partial charge in [0.15, 0.2) is 3.83 Å². The van der Waals surface area contributed by atoms with Crippen molar-refractivity contribution in [2.75, 3.05) is 0 Å². The molecular weight excluding hydrogens is 227 g/mol. The first-order valence-corrected chi connectivity index (χ1v) is 3.88. The summed E-state index contributed by atoms with van der Waals surface area (Å²) in [6.45, 7) is 2.08. The molecule has 1 rings (SSSR count). The van der Waals surface area contributed by atoms with E-state index in [1.807, 2.05) is 6.07 Å². The maximum Gasteiger partial charge on any atom is 0.190 e. The van der Waals surface area contributed by atoms with E-state index in [1.165, 1.54) is 0 Å². The van der Waals surface area contributed by atoms with E-state index in [9.17, 15) is 0 Å². The van der Waals surface area contributed by atoms with Crippen LogP contribution in [0, 0.1) is 3.83 Å². The highest BCUT2D eigenvalue weighted by molar-refractivity contribution is 14.1. The predicted octanol–water partition coefficient (Wildman–Crippen LogP) is 1.64. The fraction of sp³-hybridized carbons (Fsp3) is 0.333. The fourth-order valence-corrected chi connectivity index (χ4v) is 1.04. The largest absolute Gasteiger partial charge is 0.232 e. The van der Waals surface area contributed by atoms with Gasteiger partial charge in [-0.05, 0) is 12.5 Å². The number of aromatic nitrogens is 2. The van der Waals surface area contributed by atoms with Crippen molar-refractivity contribution in [1.29, 1.82) is 0 Å². The Labute approximate surface area is 67.9 Å². The predicted molar refractivity (Wildman–Crippen MR) is 44.1 cm³/mol. The molecule has 0 saturated carbocycles. The van der Waals surface area contributed by atoms with Gasteiger partial charge in [0.2, 0.25) is 0 Å². The van der Waals surface area contributed by atoms with Crippen molar-refractivity contribution < 1.29 is 0 Å². The van der Waals surface area contributed by atoms with Gasteiger partial charge < -0.3 is 0 Å². The van der Waals surface area contributed by atoms with E-state index in [2.05, 4.69) is 39.5 Å². The molecule has 0 aliphatic heterocycles. The third-order valence-electron chi connectivity index (χ3n) is 1.05. The second-order valence-electron chi connectivity index (χ2n) is 1.67. The highest BCUT2D eigenvalue weighted by Gasteiger charge is 1.89. The lowest BCUT2D eigenvalue weighted by Crippen LogP contribution is -1.90. The summed E-state index contributed by atoms with van der Waals surface area (Å²) in [5, 5.41) is 0. The van der Waals surface area contributed by atoms with Crippen LogP contribution in [-0.4, -0.2) is 9.97 Å². The number of rotatable bonds is 1. The summed E-state index contributed by atoms with van der Waals surface area (Å²) in [7, 11) is 0. The minimum Gasteiger partial charge on any atom is -0.232 e. The summed E-state index contributed by atoms with van der Waals surface area (Å²) in [5.74, 6) is 0. The molecule has 48 valence electrons. The molecule has 0 radical (unpaired) electrons. The van der Waals surface area contributed by atoms with Crippen LogP contribution < -0.4 is 0 Å². The third kappa shape index (κ3) is 1.89. The van der Waals surface area contributed by atoms with E-state index < -0.39 is 0 Å². The Hall–Kier alpha value is -0.190. The summed E-state index contributed by atoms with van der Waals surface area (Å²) < 4.78 is 0.826. The van der Waals surface area contributed by atoms with Gasteiger partial charge in [0.05, 0.1) is 0 Å². The minimum atomic E-state index is 0.826. The molecule has 0 aliphatic rings. The normalized spacial score (nSPS) is 9.56. The van der Waals surface area contributed by atoms with Crippen LogP contribution in [-0.2, 0) is 6.42 Å². The Kier molecular flexibility index (Phi) is 2.38. The van der Waals surface area contributed by atoms with Gasteiger partial charge in [0, 0.05) is 34.5 Å². The Morgan fingerprint density at radius 2 is 2.44 bits per heavy atom. The fourth-order valence-electron chi connectivity index (χ4n) is 0.566. The van der Waals surface area contributed by atoms with Crippen molar-refractivity contribution in [2.24, 2.45) is 0 Å². The van der Waals surface area contributed by atoms with Crippen LogP contribution in [0.4, 0.5) is 0 Å². The van der Waals surface area contributed by atoms with Gasteiger partial charge >= 0.3 is 0 Å². The number of hydrogen-bond acceptors (Lipinski definition) is 2. The van der Waals surface area contributed by atoms with Crippen LogP contribution in [0.15, 0.2) is 12.3 Å². The molecule has 0 N–H and O–H groups in total. The Bertz CT molecular complexity index is 200. The third-order valence-corrected chi connectivity index (χ3v) is 1.57. The van der Waals surface area contributed by atoms with Crippen molar-refractivity contribution in [3.05, 3.63) is 21.8 Å². The zero-order valence-corrected chi connectivity index (χ0v) is 7.29. The lowest BCUT2D eigenvalue weighted by atomic mass is 10.3. The molecule has 0 saturated heterocycles. The number of aryl methyl sites for hydroxylation is 1. The van der Waals surface area contributed by atoms with Crippen molar-refractivity contribution >= 4 is 22.6 Å². The van der Waals surface area contributed by atoms with Gasteiger partial charge in [-0.25, -0.2) is 9.97 Å². The van der Waals surface area contributed by atoms with Crippen LogP contribution in [0.1, 0.15) is 12.6 Å². The Morgan fingerprint density at radius 1 is 1.67 bits per heavy atom. The number of nitrogens with zero attached hydrogens (tertiary/aromatic N) is 2. The van der Waals surface area contributed by atoms with E-state index >= 15 is 0 Å². The second-order valence-corrected chi connectivity index (χ2v) is 2.64. The molecule has 0 amide bonds. The molecule has 0 unspecified atom stereocenters. The molecule has 0 bridgehead atoms. The molecule has 3 heteroatoms. The smallest absolute Gasteiger partial charge is 0.190 e. The van der Waals surface area contributed by atoms with Crippen molar-refractivity contribution in [3.8, 4) is 0 Å². The van der Waals surface area contributed by atoms with Crippen molar-refractivity contribution in [1.82, 2.24) is 9.97 Å². The molecule has 1 aromatic rings. The average molecular weight is 234 g/mol. The molecule has 0 aromatic carbocycles. The summed E-state index contributed by atoms with van der Waals surface area (Å²) in [6.07, 6.45) is 2.77. The molecule has 0 fully saturated rings. The van der Waals surface area contributed by atoms with E-state index in [1.54, 1.807) is 6.20 Å². The Morgan fingerprint density at radius 3 is 2.89 bits per heavy atom. The maximum absolute atomic E-state index is 4.17. The van der Waals surface area contributed by atoms with Gasteiger partial charge in [0.25, 0.3) is 0 Å². The van der Waals surface area contributed by atoms with Crippen LogP contribution >= 0.6 is 22.6 Å². The molecular formula is C6H7IN2. The Balaban J connectivity index is 2.94. The number of hydrogen-bond donors (Lipinski definition) is 0. The highest BCUT2D eigenvalue weighted by Crippen LogP contribution is 1.97. The quantitative estimate of drug-likeness (QED) is 0.545. The average Bonchev–Trinajstić information content (AvgIpc) is 1.88. The van der Waals surface area contributed by atoms with Gasteiger partial charge in [0.1, 0.15) is 0 Å². The molecule has 1 aromatic heterocycles. The van der Waals surface area contributed by atoms with Crippen LogP contribution in [0.3, 0.4) is 0 Å². The topological polar surface area (TPSA) is 25.8 Å². The lowest BCUT2D eigenvalue weighted by Gasteiger charge is -1.92. The first kappa shape index (κ1) is 6.92. The first-order valence-electron chi connectivity index (χ1n) is 2.80. The van der Waals surface area contributed by atoms with Gasteiger partial charge in [-0.3, -0.25) is 0 Å². The SMILES string of the molecule is CCc1ccnc(I)n1. The molecule has 0 atom stereocenters. The summed E-state index contributed by atoms with van der Waals surface area (Å²) in [5.41, 5.74) is 1.11. The minimum absolute atomic E-state index is 0.826. The number of halogens is 1. The van der Waals surface area contributed by atoms with Gasteiger partial charge in [-0.15, -0.1) is 0 Å². The summed E-state index contributed by atoms with van der Waals surface area (Å²) >= 11 is 2.11. The van der Waals surface area contributed by atoms with Crippen molar-refractivity contribution in [3.63, 3.8) is 0 Å². The van der Waals surface area contributed by atoms with Crippen LogP contribution in [0.5, 0.6) is 0 Å². The highest BCUT2D eigenvalue weighted by atomic mass is 127. The molecule has 9 heavy (non-hydrogen) atoms. The van der Waals surface area contributed by atoms with Crippen LogP contribution in [0.25, 0.3) is 0 Å². The molecule has 1 heterocycles. The summed E-state index contributed by atoms with van der Waals surface area (Å²) in [4.78, 5) is 8.13. The van der Waals surface area contributed by atoms with E-state index in [0.29, 0.717) is 0 Å². The van der Waals surface area contributed by atoms with E-state index in [0.717, 1.165) is 15.9 Å². The van der Waals surface area contributed by atoms with Crippen molar-refractivity contribution in [2.45, 2.75) is 13.3 Å². The van der Waals surface area contributed by atoms with Crippen LogP contribution in [0.2, 0.25) is 0 Å². The molecule has 2 nitrogen and oxygen atoms in total. The lowest BCUT2D eigenvalue weighted by molar-refractivity contribution is 0.970. The molecule has 0 spiro atoms. The zero-order chi connectivity index (χ0) is 6.69. The first-order chi connectivity index (χ1) is 4.33. The zero-order valence-electron chi connectivity index (χ0n) is 5.13. The monoisotopic (exact) mass is 234 g/mol. The second kappa shape index (κ2) is 3.10. The standard InChI is InChI=1S/C6H7IN2/c1-2-5-3-4-8-6(7)9-5/h3-4H,2H2,1H3. The maximum atomic E-state index is 4.17. The van der Waals surface area contributed by atoms with E-state index in [4.69, 9.17) is 0 Å². The van der Waals surface area contributed by atoms with Gasteiger partial charge in [-0.1, -0.05) is 6.92 Å². The summed E-state index contributed by atoms with van der Waals surface area (Å²) in [6, 6.07) is 1.93. The van der Waals surface area contributed by atoms with E-state index in [-0.39, 0.29) is 0 Å². The van der Waals surface area contributed by atoms with Gasteiger partial charge in [-0.2, -0.15) is 0 Å². The molecule has 0 aliphatic carbocycles.